The molecule has 1 aromatic heterocycles. The van der Waals surface area contributed by atoms with E-state index in [1.807, 2.05) is 42.5 Å². The van der Waals surface area contributed by atoms with E-state index in [9.17, 15) is 5.11 Å². The van der Waals surface area contributed by atoms with E-state index in [0.717, 1.165) is 29.3 Å². The third-order valence-corrected chi connectivity index (χ3v) is 5.74. The highest BCUT2D eigenvalue weighted by Gasteiger charge is 2.31. The van der Waals surface area contributed by atoms with Crippen molar-refractivity contribution in [3.63, 3.8) is 0 Å². The summed E-state index contributed by atoms with van der Waals surface area (Å²) < 4.78 is 1.19. The minimum absolute atomic E-state index is 0.608. The topological polar surface area (TPSA) is 36.4 Å². The zero-order chi connectivity index (χ0) is 17.3. The van der Waals surface area contributed by atoms with Gasteiger partial charge in [0.15, 0.2) is 5.13 Å². The molecule has 0 bridgehead atoms. The smallest absolute Gasteiger partial charge is 0.186 e. The molecule has 3 nitrogen and oxygen atoms in total. The van der Waals surface area contributed by atoms with E-state index in [1.54, 1.807) is 11.3 Å². The zero-order valence-electron chi connectivity index (χ0n) is 13.6. The van der Waals surface area contributed by atoms with Crippen molar-refractivity contribution in [2.24, 2.45) is 0 Å². The van der Waals surface area contributed by atoms with Crippen molar-refractivity contribution >= 4 is 38.3 Å². The van der Waals surface area contributed by atoms with Crippen LogP contribution in [0.2, 0.25) is 5.02 Å². The summed E-state index contributed by atoms with van der Waals surface area (Å²) in [7, 11) is 0. The predicted octanol–water partition coefficient (Wildman–Crippen LogP) is 4.33. The first-order chi connectivity index (χ1) is 12.1. The molecule has 1 saturated heterocycles. The summed E-state index contributed by atoms with van der Waals surface area (Å²) in [6, 6.07) is 15.6. The van der Waals surface area contributed by atoms with E-state index in [2.05, 4.69) is 22.8 Å². The lowest BCUT2D eigenvalue weighted by Crippen LogP contribution is -2.43. The molecule has 1 N–H and O–H groups in total. The Hall–Kier alpha value is -2.06. The van der Waals surface area contributed by atoms with Gasteiger partial charge in [-0.1, -0.05) is 53.0 Å². The number of piperidine rings is 1. The van der Waals surface area contributed by atoms with Crippen molar-refractivity contribution in [2.45, 2.75) is 18.4 Å². The van der Waals surface area contributed by atoms with Gasteiger partial charge < -0.3 is 10.0 Å². The fourth-order valence-corrected chi connectivity index (χ4v) is 4.15. The van der Waals surface area contributed by atoms with Crippen LogP contribution in [0.3, 0.4) is 0 Å². The molecule has 5 heteroatoms. The molecule has 0 amide bonds. The molecule has 126 valence electrons. The number of fused-ring (bicyclic) bond motifs is 1. The molecule has 0 atom stereocenters. The molecular weight excluding hydrogens is 352 g/mol. The summed E-state index contributed by atoms with van der Waals surface area (Å²) in [5.74, 6) is 6.10. The summed E-state index contributed by atoms with van der Waals surface area (Å²) in [5, 5.41) is 12.4. The largest absolute Gasteiger partial charge is 0.377 e. The van der Waals surface area contributed by atoms with Crippen molar-refractivity contribution in [1.29, 1.82) is 0 Å². The van der Waals surface area contributed by atoms with Crippen LogP contribution in [-0.2, 0) is 0 Å². The second-order valence-electron chi connectivity index (χ2n) is 6.24. The average Bonchev–Trinajstić information content (AvgIpc) is 3.05. The highest BCUT2D eigenvalue weighted by atomic mass is 35.5. The van der Waals surface area contributed by atoms with Gasteiger partial charge in [0.25, 0.3) is 0 Å². The number of halogens is 1. The van der Waals surface area contributed by atoms with Crippen LogP contribution in [0, 0.1) is 11.8 Å². The van der Waals surface area contributed by atoms with Gasteiger partial charge in [0.1, 0.15) is 5.60 Å². The minimum Gasteiger partial charge on any atom is -0.377 e. The summed E-state index contributed by atoms with van der Waals surface area (Å²) in [5.41, 5.74) is 0.911. The predicted molar refractivity (Wildman–Crippen MR) is 104 cm³/mol. The van der Waals surface area contributed by atoms with Gasteiger partial charge in [-0.25, -0.2) is 4.98 Å². The third kappa shape index (κ3) is 3.64. The monoisotopic (exact) mass is 368 g/mol. The third-order valence-electron chi connectivity index (χ3n) is 4.41. The summed E-state index contributed by atoms with van der Waals surface area (Å²) >= 11 is 7.68. The van der Waals surface area contributed by atoms with Crippen LogP contribution in [0.4, 0.5) is 5.13 Å². The minimum atomic E-state index is -0.949. The van der Waals surface area contributed by atoms with E-state index in [-0.39, 0.29) is 0 Å². The molecule has 3 aromatic rings. The molecule has 0 aliphatic carbocycles. The van der Waals surface area contributed by atoms with Crippen LogP contribution in [-0.4, -0.2) is 28.8 Å². The number of para-hydroxylation sites is 1. The van der Waals surface area contributed by atoms with Gasteiger partial charge in [-0.3, -0.25) is 0 Å². The normalized spacial score (nSPS) is 16.5. The van der Waals surface area contributed by atoms with E-state index in [0.29, 0.717) is 17.9 Å². The van der Waals surface area contributed by atoms with Crippen molar-refractivity contribution in [2.75, 3.05) is 18.0 Å². The van der Waals surface area contributed by atoms with E-state index in [4.69, 9.17) is 16.6 Å². The van der Waals surface area contributed by atoms with Gasteiger partial charge >= 0.3 is 0 Å². The summed E-state index contributed by atoms with van der Waals surface area (Å²) in [6.45, 7) is 1.50. The van der Waals surface area contributed by atoms with Gasteiger partial charge in [0.05, 0.1) is 10.2 Å². The van der Waals surface area contributed by atoms with Gasteiger partial charge in [-0.15, -0.1) is 0 Å². The van der Waals surface area contributed by atoms with Crippen LogP contribution in [0.1, 0.15) is 18.4 Å². The summed E-state index contributed by atoms with van der Waals surface area (Å²) in [6.07, 6.45) is 1.22. The van der Waals surface area contributed by atoms with Crippen molar-refractivity contribution in [3.05, 3.63) is 59.1 Å². The number of nitrogens with zero attached hydrogens (tertiary/aromatic N) is 2. The highest BCUT2D eigenvalue weighted by Crippen LogP contribution is 2.32. The maximum absolute atomic E-state index is 10.8. The van der Waals surface area contributed by atoms with Crippen LogP contribution in [0.15, 0.2) is 48.5 Å². The number of hydrogen-bond acceptors (Lipinski definition) is 4. The number of aromatic nitrogens is 1. The number of benzene rings is 2. The second-order valence-corrected chi connectivity index (χ2v) is 7.69. The second kappa shape index (κ2) is 6.68. The Bertz CT molecular complexity index is 931. The quantitative estimate of drug-likeness (QED) is 0.649. The van der Waals surface area contributed by atoms with Crippen LogP contribution >= 0.6 is 22.9 Å². The van der Waals surface area contributed by atoms with Crippen molar-refractivity contribution in [1.82, 2.24) is 4.98 Å². The van der Waals surface area contributed by atoms with Gasteiger partial charge in [0, 0.05) is 36.5 Å². The van der Waals surface area contributed by atoms with E-state index >= 15 is 0 Å². The Labute approximate surface area is 155 Å². The lowest BCUT2D eigenvalue weighted by atomic mass is 9.92. The molecule has 2 aromatic carbocycles. The zero-order valence-corrected chi connectivity index (χ0v) is 15.1. The van der Waals surface area contributed by atoms with E-state index in [1.165, 1.54) is 4.70 Å². The van der Waals surface area contributed by atoms with Crippen LogP contribution in [0.25, 0.3) is 10.2 Å². The van der Waals surface area contributed by atoms with Gasteiger partial charge in [0.2, 0.25) is 0 Å². The first-order valence-corrected chi connectivity index (χ1v) is 9.42. The average molecular weight is 369 g/mol. The molecular formula is C20H17ClN2OS. The number of hydrogen-bond donors (Lipinski definition) is 1. The Balaban J connectivity index is 1.47. The molecule has 25 heavy (non-hydrogen) atoms. The lowest BCUT2D eigenvalue weighted by Gasteiger charge is -2.34. The Kier molecular flexibility index (Phi) is 4.39. The standard InChI is InChI=1S/C20H17ClN2OS/c21-16-5-3-4-15(14-16)8-9-20(24)10-12-23(13-11-20)19-22-17-6-1-2-7-18(17)25-19/h1-7,14,24H,10-13H2. The van der Waals surface area contributed by atoms with E-state index < -0.39 is 5.60 Å². The Morgan fingerprint density at radius 1 is 1.12 bits per heavy atom. The first kappa shape index (κ1) is 16.4. The molecule has 1 fully saturated rings. The molecule has 0 spiro atoms. The SMILES string of the molecule is OC1(C#Cc2cccc(Cl)c2)CCN(c2nc3ccccc3s2)CC1. The first-order valence-electron chi connectivity index (χ1n) is 8.23. The van der Waals surface area contributed by atoms with Gasteiger partial charge in [-0.2, -0.15) is 0 Å². The van der Waals surface area contributed by atoms with Crippen molar-refractivity contribution in [3.8, 4) is 11.8 Å². The molecule has 1 aliphatic heterocycles. The fourth-order valence-electron chi connectivity index (χ4n) is 2.94. The lowest BCUT2D eigenvalue weighted by molar-refractivity contribution is 0.0746. The fraction of sp³-hybridized carbons (Fsp3) is 0.250. The molecule has 1 aliphatic rings. The maximum Gasteiger partial charge on any atom is 0.186 e. The molecule has 0 unspecified atom stereocenters. The molecule has 4 rings (SSSR count). The number of thiazole rings is 1. The molecule has 0 radical (unpaired) electrons. The van der Waals surface area contributed by atoms with Crippen LogP contribution in [0.5, 0.6) is 0 Å². The number of anilines is 1. The Morgan fingerprint density at radius 2 is 1.92 bits per heavy atom. The number of aliphatic hydroxyl groups is 1. The Morgan fingerprint density at radius 3 is 2.68 bits per heavy atom. The van der Waals surface area contributed by atoms with Gasteiger partial charge in [-0.05, 0) is 30.3 Å². The van der Waals surface area contributed by atoms with Crippen molar-refractivity contribution < 1.29 is 5.11 Å². The maximum atomic E-state index is 10.8. The highest BCUT2D eigenvalue weighted by molar-refractivity contribution is 7.22. The molecule has 0 saturated carbocycles. The molecule has 2 heterocycles. The number of rotatable bonds is 1. The summed E-state index contributed by atoms with van der Waals surface area (Å²) in [4.78, 5) is 6.94. The van der Waals surface area contributed by atoms with Crippen LogP contribution < -0.4 is 4.90 Å².